The molecule has 0 saturated carbocycles. The summed E-state index contributed by atoms with van der Waals surface area (Å²) in [6.45, 7) is -0.279. The minimum absolute atomic E-state index is 0.0449. The fourth-order valence-electron chi connectivity index (χ4n) is 2.16. The molecule has 1 aliphatic heterocycles. The molecule has 2 aromatic heterocycles. The van der Waals surface area contributed by atoms with Crippen LogP contribution < -0.4 is 5.56 Å². The molecule has 9 heteroatoms. The van der Waals surface area contributed by atoms with Crippen LogP contribution in [-0.4, -0.2) is 48.5 Å². The highest BCUT2D eigenvalue weighted by Crippen LogP contribution is 2.30. The molecule has 0 aliphatic carbocycles. The van der Waals surface area contributed by atoms with Crippen LogP contribution in [0.25, 0.3) is 11.2 Å². The predicted octanol–water partition coefficient (Wildman–Crippen LogP) is -0.586. The van der Waals surface area contributed by atoms with Gasteiger partial charge in [0.15, 0.2) is 11.2 Å². The quantitative estimate of drug-likeness (QED) is 0.636. The smallest absolute Gasteiger partial charge is 0.280 e. The van der Waals surface area contributed by atoms with E-state index in [0.717, 1.165) is 0 Å². The van der Waals surface area contributed by atoms with Crippen molar-refractivity contribution >= 4 is 22.8 Å². The van der Waals surface area contributed by atoms with Crippen LogP contribution in [0.2, 0.25) is 5.28 Å². The van der Waals surface area contributed by atoms with E-state index in [4.69, 9.17) is 21.4 Å². The molecule has 1 fully saturated rings. The Bertz CT molecular complexity index is 669. The molecule has 1 saturated heterocycles. The van der Waals surface area contributed by atoms with E-state index < -0.39 is 24.0 Å². The van der Waals surface area contributed by atoms with Crippen molar-refractivity contribution in [3.05, 3.63) is 22.0 Å². The summed E-state index contributed by atoms with van der Waals surface area (Å²) in [7, 11) is 0. The molecule has 19 heavy (non-hydrogen) atoms. The highest BCUT2D eigenvalue weighted by Gasteiger charge is 2.35. The number of ether oxygens (including phenoxy) is 1. The van der Waals surface area contributed by atoms with Gasteiger partial charge in [-0.05, 0) is 11.6 Å². The number of rotatable bonds is 2. The third kappa shape index (κ3) is 2.02. The van der Waals surface area contributed by atoms with Crippen LogP contribution in [0.15, 0.2) is 11.1 Å². The second kappa shape index (κ2) is 4.57. The Kier molecular flexibility index (Phi) is 3.02. The van der Waals surface area contributed by atoms with E-state index in [1.165, 1.54) is 10.9 Å². The summed E-state index contributed by atoms with van der Waals surface area (Å²) in [5.41, 5.74) is -0.00881. The number of hydrogen-bond acceptors (Lipinski definition) is 6. The number of aliphatic hydroxyl groups excluding tert-OH is 2. The van der Waals surface area contributed by atoms with Crippen LogP contribution in [0.4, 0.5) is 0 Å². The number of fused-ring (bicyclic) bond motifs is 1. The zero-order valence-corrected chi connectivity index (χ0v) is 10.4. The zero-order valence-electron chi connectivity index (χ0n) is 9.65. The molecule has 1 unspecified atom stereocenters. The van der Waals surface area contributed by atoms with Gasteiger partial charge in [0.25, 0.3) is 5.56 Å². The molecule has 8 nitrogen and oxygen atoms in total. The van der Waals surface area contributed by atoms with Crippen LogP contribution in [0.3, 0.4) is 0 Å². The van der Waals surface area contributed by atoms with Gasteiger partial charge in [0, 0.05) is 6.42 Å². The van der Waals surface area contributed by atoms with Gasteiger partial charge in [-0.15, -0.1) is 0 Å². The normalized spacial score (nSPS) is 27.2. The highest BCUT2D eigenvalue weighted by atomic mass is 35.5. The first-order valence-corrected chi connectivity index (χ1v) is 6.04. The molecule has 3 N–H and O–H groups in total. The first-order valence-electron chi connectivity index (χ1n) is 5.67. The lowest BCUT2D eigenvalue weighted by Gasteiger charge is -2.13. The van der Waals surface area contributed by atoms with Crippen molar-refractivity contribution < 1.29 is 14.9 Å². The number of imidazole rings is 1. The van der Waals surface area contributed by atoms with Crippen LogP contribution >= 0.6 is 11.6 Å². The lowest BCUT2D eigenvalue weighted by Crippen LogP contribution is -2.24. The summed E-state index contributed by atoms with van der Waals surface area (Å²) in [6, 6.07) is 0. The molecule has 2 aromatic rings. The van der Waals surface area contributed by atoms with Crippen molar-refractivity contribution in [1.29, 1.82) is 0 Å². The first-order chi connectivity index (χ1) is 9.10. The van der Waals surface area contributed by atoms with E-state index >= 15 is 0 Å². The molecular weight excluding hydrogens is 276 g/mol. The third-order valence-corrected chi connectivity index (χ3v) is 3.28. The zero-order chi connectivity index (χ0) is 13.6. The largest absolute Gasteiger partial charge is 0.394 e. The number of aromatic nitrogens is 4. The summed E-state index contributed by atoms with van der Waals surface area (Å²) >= 11 is 5.71. The van der Waals surface area contributed by atoms with Gasteiger partial charge in [-0.25, -0.2) is 4.98 Å². The number of halogens is 1. The van der Waals surface area contributed by atoms with E-state index in [9.17, 15) is 9.90 Å². The van der Waals surface area contributed by atoms with Gasteiger partial charge < -0.3 is 14.9 Å². The molecule has 0 bridgehead atoms. The molecule has 102 valence electrons. The number of H-pyrrole nitrogens is 1. The highest BCUT2D eigenvalue weighted by molar-refractivity contribution is 6.28. The summed E-state index contributed by atoms with van der Waals surface area (Å²) < 4.78 is 7.01. The van der Waals surface area contributed by atoms with Gasteiger partial charge in [-0.1, -0.05) is 0 Å². The summed E-state index contributed by atoms with van der Waals surface area (Å²) in [5.74, 6) is 0. The molecule has 0 spiro atoms. The number of hydrogen-bond donors (Lipinski definition) is 3. The number of aromatic amines is 1. The Morgan fingerprint density at radius 2 is 2.42 bits per heavy atom. The molecule has 0 aromatic carbocycles. The van der Waals surface area contributed by atoms with Crippen molar-refractivity contribution in [3.8, 4) is 0 Å². The van der Waals surface area contributed by atoms with Crippen molar-refractivity contribution in [1.82, 2.24) is 19.5 Å². The van der Waals surface area contributed by atoms with E-state index in [1.807, 2.05) is 0 Å². The Balaban J connectivity index is 2.05. The van der Waals surface area contributed by atoms with Gasteiger partial charge in [0.05, 0.1) is 19.0 Å². The van der Waals surface area contributed by atoms with Crippen molar-refractivity contribution in [3.63, 3.8) is 0 Å². The minimum Gasteiger partial charge on any atom is -0.394 e. The topological polar surface area (TPSA) is 113 Å². The maximum Gasteiger partial charge on any atom is 0.280 e. The molecular formula is C10H11ClN4O4. The maximum atomic E-state index is 11.6. The SMILES string of the molecule is O=c1[nH]c(Cl)nc2c1ncn2[C@H]1CC(O)[C@@H](CO)O1. The van der Waals surface area contributed by atoms with Crippen molar-refractivity contribution in [2.24, 2.45) is 0 Å². The molecule has 3 rings (SSSR count). The fraction of sp³-hybridized carbons (Fsp3) is 0.500. The monoisotopic (exact) mass is 286 g/mol. The van der Waals surface area contributed by atoms with Gasteiger partial charge in [0.2, 0.25) is 5.28 Å². The van der Waals surface area contributed by atoms with Crippen LogP contribution in [0.5, 0.6) is 0 Å². The second-order valence-electron chi connectivity index (χ2n) is 4.30. The number of aliphatic hydroxyl groups is 2. The van der Waals surface area contributed by atoms with Gasteiger partial charge in [0.1, 0.15) is 12.3 Å². The standard InChI is InChI=1S/C10H11ClN4O4/c11-10-13-8-7(9(18)14-10)12-3-15(8)6-1-4(17)5(2-16)19-6/h3-6,16-17H,1-2H2,(H,13,14,18)/t4?,5-,6-/m1/s1. The summed E-state index contributed by atoms with van der Waals surface area (Å²) in [5, 5.41) is 18.7. The van der Waals surface area contributed by atoms with Crippen molar-refractivity contribution in [2.45, 2.75) is 24.9 Å². The van der Waals surface area contributed by atoms with E-state index in [1.54, 1.807) is 0 Å². The van der Waals surface area contributed by atoms with Crippen LogP contribution in [0.1, 0.15) is 12.6 Å². The van der Waals surface area contributed by atoms with E-state index in [-0.39, 0.29) is 29.5 Å². The number of nitrogens with one attached hydrogen (secondary N) is 1. The first kappa shape index (κ1) is 12.5. The number of nitrogens with zero attached hydrogens (tertiary/aromatic N) is 3. The molecule has 3 heterocycles. The Hall–Kier alpha value is -1.48. The lowest BCUT2D eigenvalue weighted by atomic mass is 10.2. The molecule has 0 amide bonds. The van der Waals surface area contributed by atoms with Crippen LogP contribution in [0, 0.1) is 0 Å². The van der Waals surface area contributed by atoms with Crippen LogP contribution in [-0.2, 0) is 4.74 Å². The lowest BCUT2D eigenvalue weighted by molar-refractivity contribution is -0.0432. The maximum absolute atomic E-state index is 11.6. The average molecular weight is 287 g/mol. The van der Waals surface area contributed by atoms with E-state index in [2.05, 4.69) is 15.0 Å². The minimum atomic E-state index is -0.773. The summed E-state index contributed by atoms with van der Waals surface area (Å²) in [6.07, 6.45) is -0.282. The molecule has 1 aliphatic rings. The van der Waals surface area contributed by atoms with E-state index in [0.29, 0.717) is 0 Å². The molecule has 0 radical (unpaired) electrons. The fourth-order valence-corrected chi connectivity index (χ4v) is 2.33. The van der Waals surface area contributed by atoms with Crippen molar-refractivity contribution in [2.75, 3.05) is 6.61 Å². The summed E-state index contributed by atoms with van der Waals surface area (Å²) in [4.78, 5) is 21.9. The predicted molar refractivity (Wildman–Crippen MR) is 64.8 cm³/mol. The van der Waals surface area contributed by atoms with Gasteiger partial charge in [-0.2, -0.15) is 4.98 Å². The van der Waals surface area contributed by atoms with Gasteiger partial charge in [-0.3, -0.25) is 14.3 Å². The Morgan fingerprint density at radius 3 is 3.11 bits per heavy atom. The Morgan fingerprint density at radius 1 is 1.63 bits per heavy atom. The Labute approximate surface area is 111 Å². The molecule has 3 atom stereocenters. The average Bonchev–Trinajstić information content (AvgIpc) is 2.92. The third-order valence-electron chi connectivity index (χ3n) is 3.10. The van der Waals surface area contributed by atoms with Gasteiger partial charge >= 0.3 is 0 Å². The second-order valence-corrected chi connectivity index (χ2v) is 4.65.